The Labute approximate surface area is 221 Å². The maximum Gasteiger partial charge on any atom is 0.333 e. The van der Waals surface area contributed by atoms with Gasteiger partial charge in [0.25, 0.3) is 5.56 Å². The number of ether oxygens (including phenoxy) is 1. The zero-order chi connectivity index (χ0) is 27.4. The van der Waals surface area contributed by atoms with E-state index in [1.807, 2.05) is 62.4 Å². The lowest BCUT2D eigenvalue weighted by Crippen LogP contribution is -2.29. The van der Waals surface area contributed by atoms with Crippen LogP contribution in [0, 0.1) is 13.8 Å². The number of rotatable bonds is 8. The average Bonchev–Trinajstić information content (AvgIpc) is 2.89. The minimum Gasteiger partial charge on any atom is -0.463 e. The number of anilines is 2. The van der Waals surface area contributed by atoms with E-state index in [0.717, 1.165) is 5.56 Å². The van der Waals surface area contributed by atoms with Crippen LogP contribution in [0.1, 0.15) is 55.9 Å². The Morgan fingerprint density at radius 1 is 1.08 bits per heavy atom. The predicted molar refractivity (Wildman–Crippen MR) is 150 cm³/mol. The number of aryl methyl sites for hydroxylation is 2. The lowest BCUT2D eigenvalue weighted by Gasteiger charge is -2.23. The summed E-state index contributed by atoms with van der Waals surface area (Å²) >= 11 is 0. The van der Waals surface area contributed by atoms with Crippen LogP contribution in [-0.2, 0) is 9.53 Å². The Morgan fingerprint density at radius 2 is 1.82 bits per heavy atom. The van der Waals surface area contributed by atoms with Crippen LogP contribution in [0.3, 0.4) is 0 Å². The van der Waals surface area contributed by atoms with Crippen LogP contribution in [0.4, 0.5) is 11.8 Å². The molecule has 2 heterocycles. The molecule has 1 atom stereocenters. The van der Waals surface area contributed by atoms with Gasteiger partial charge in [-0.25, -0.2) is 14.8 Å². The molecule has 2 aromatic heterocycles. The maximum absolute atomic E-state index is 13.9. The molecular weight excluding hydrogens is 480 g/mol. The van der Waals surface area contributed by atoms with Crippen molar-refractivity contribution in [1.29, 1.82) is 0 Å². The number of carbonyl (C=O) groups is 1. The number of fused-ring (bicyclic) bond motifs is 1. The molecule has 0 aliphatic rings. The number of carbonyl (C=O) groups excluding carboxylic acids is 1. The number of nitrogens with zero attached hydrogens (tertiary/aromatic N) is 4. The molecular formula is C29H32N6O3. The molecule has 2 aromatic carbocycles. The second-order valence-electron chi connectivity index (χ2n) is 9.00. The molecule has 38 heavy (non-hydrogen) atoms. The minimum atomic E-state index is -0.425. The standard InChI is InChI=1S/C29H32N6O3/c1-6-22(32-25-21(19(5)31-29(30)34-25)16-18(4)28(37)38-7-2)26-33-23-15-11-12-17(3)24(23)27(36)35(26)20-13-9-8-10-14-20/h8-16,22H,6-7H2,1-5H3,(H3,30,31,32,34)/b18-16-. The molecule has 4 aromatic rings. The smallest absolute Gasteiger partial charge is 0.333 e. The van der Waals surface area contributed by atoms with Crippen LogP contribution in [0.15, 0.2) is 58.9 Å². The van der Waals surface area contributed by atoms with Gasteiger partial charge in [0.15, 0.2) is 0 Å². The zero-order valence-electron chi connectivity index (χ0n) is 22.3. The van der Waals surface area contributed by atoms with Gasteiger partial charge < -0.3 is 15.8 Å². The van der Waals surface area contributed by atoms with Gasteiger partial charge in [-0.15, -0.1) is 0 Å². The van der Waals surface area contributed by atoms with Gasteiger partial charge in [0, 0.05) is 11.1 Å². The highest BCUT2D eigenvalue weighted by Gasteiger charge is 2.23. The monoisotopic (exact) mass is 512 g/mol. The van der Waals surface area contributed by atoms with Crippen molar-refractivity contribution >= 4 is 34.7 Å². The van der Waals surface area contributed by atoms with Crippen LogP contribution in [0.2, 0.25) is 0 Å². The molecule has 0 aliphatic carbocycles. The third kappa shape index (κ3) is 5.27. The molecule has 1 unspecified atom stereocenters. The van der Waals surface area contributed by atoms with Crippen molar-refractivity contribution in [2.24, 2.45) is 0 Å². The third-order valence-electron chi connectivity index (χ3n) is 6.29. The first-order chi connectivity index (χ1) is 18.2. The summed E-state index contributed by atoms with van der Waals surface area (Å²) in [5.74, 6) is 0.636. The quantitative estimate of drug-likeness (QED) is 0.252. The summed E-state index contributed by atoms with van der Waals surface area (Å²) in [6, 6.07) is 14.7. The third-order valence-corrected chi connectivity index (χ3v) is 6.29. The number of nitrogens with two attached hydrogens (primary N) is 1. The van der Waals surface area contributed by atoms with Crippen molar-refractivity contribution in [1.82, 2.24) is 19.5 Å². The van der Waals surface area contributed by atoms with E-state index in [2.05, 4.69) is 15.3 Å². The second kappa shape index (κ2) is 11.2. The SMILES string of the molecule is CCOC(=O)/C(C)=C\c1c(C)nc(N)nc1NC(CC)c1nc2cccc(C)c2c(=O)n1-c1ccccc1. The minimum absolute atomic E-state index is 0.0911. The summed E-state index contributed by atoms with van der Waals surface area (Å²) < 4.78 is 6.78. The van der Waals surface area contributed by atoms with Gasteiger partial charge in [-0.1, -0.05) is 37.3 Å². The number of hydrogen-bond acceptors (Lipinski definition) is 8. The molecule has 4 rings (SSSR count). The van der Waals surface area contributed by atoms with E-state index in [9.17, 15) is 9.59 Å². The normalized spacial score (nSPS) is 12.4. The lowest BCUT2D eigenvalue weighted by molar-refractivity contribution is -0.138. The van der Waals surface area contributed by atoms with Crippen LogP contribution >= 0.6 is 0 Å². The highest BCUT2D eigenvalue weighted by atomic mass is 16.5. The van der Waals surface area contributed by atoms with Crippen molar-refractivity contribution in [3.05, 3.63) is 87.1 Å². The molecule has 0 spiro atoms. The van der Waals surface area contributed by atoms with Crippen molar-refractivity contribution in [2.75, 3.05) is 17.7 Å². The molecule has 9 heteroatoms. The largest absolute Gasteiger partial charge is 0.463 e. The highest BCUT2D eigenvalue weighted by Crippen LogP contribution is 2.28. The molecule has 9 nitrogen and oxygen atoms in total. The molecule has 0 amide bonds. The van der Waals surface area contributed by atoms with E-state index < -0.39 is 12.0 Å². The van der Waals surface area contributed by atoms with Gasteiger partial charge in [0.1, 0.15) is 11.6 Å². The predicted octanol–water partition coefficient (Wildman–Crippen LogP) is 4.90. The number of benzene rings is 2. The van der Waals surface area contributed by atoms with Crippen molar-refractivity contribution in [3.8, 4) is 5.69 Å². The van der Waals surface area contributed by atoms with E-state index in [0.29, 0.717) is 51.5 Å². The first-order valence-electron chi connectivity index (χ1n) is 12.6. The lowest BCUT2D eigenvalue weighted by atomic mass is 10.1. The number of hydrogen-bond donors (Lipinski definition) is 2. The summed E-state index contributed by atoms with van der Waals surface area (Å²) in [5, 5.41) is 4.01. The molecule has 0 saturated carbocycles. The average molecular weight is 513 g/mol. The first kappa shape index (κ1) is 26.5. The highest BCUT2D eigenvalue weighted by molar-refractivity contribution is 5.94. The zero-order valence-corrected chi connectivity index (χ0v) is 22.3. The van der Waals surface area contributed by atoms with Crippen molar-refractivity contribution in [3.63, 3.8) is 0 Å². The Kier molecular flexibility index (Phi) is 7.85. The number of para-hydroxylation sites is 1. The fourth-order valence-corrected chi connectivity index (χ4v) is 4.39. The second-order valence-corrected chi connectivity index (χ2v) is 9.00. The molecule has 0 bridgehead atoms. The fraction of sp³-hybridized carbons (Fsp3) is 0.276. The van der Waals surface area contributed by atoms with Crippen LogP contribution < -0.4 is 16.6 Å². The van der Waals surface area contributed by atoms with Gasteiger partial charge in [0.05, 0.1) is 34.9 Å². The van der Waals surface area contributed by atoms with E-state index >= 15 is 0 Å². The van der Waals surface area contributed by atoms with Crippen LogP contribution in [0.5, 0.6) is 0 Å². The fourth-order valence-electron chi connectivity index (χ4n) is 4.39. The number of nitrogen functional groups attached to an aromatic ring is 1. The number of nitrogens with one attached hydrogen (secondary N) is 1. The van der Waals surface area contributed by atoms with E-state index in [-0.39, 0.29) is 18.1 Å². The van der Waals surface area contributed by atoms with Gasteiger partial charge >= 0.3 is 5.97 Å². The maximum atomic E-state index is 13.9. The Bertz CT molecular complexity index is 1580. The first-order valence-corrected chi connectivity index (χ1v) is 12.6. The van der Waals surface area contributed by atoms with Crippen LogP contribution in [0.25, 0.3) is 22.7 Å². The molecule has 0 fully saturated rings. The van der Waals surface area contributed by atoms with E-state index in [1.54, 1.807) is 31.4 Å². The van der Waals surface area contributed by atoms with E-state index in [4.69, 9.17) is 15.5 Å². The Hall–Kier alpha value is -4.53. The molecule has 0 saturated heterocycles. The van der Waals surface area contributed by atoms with Gasteiger partial charge in [-0.2, -0.15) is 4.98 Å². The van der Waals surface area contributed by atoms with Crippen molar-refractivity contribution in [2.45, 2.75) is 47.1 Å². The Morgan fingerprint density at radius 3 is 2.50 bits per heavy atom. The van der Waals surface area contributed by atoms with E-state index in [1.165, 1.54) is 0 Å². The summed E-state index contributed by atoms with van der Waals surface area (Å²) in [6.45, 7) is 9.41. The molecule has 3 N–H and O–H groups in total. The summed E-state index contributed by atoms with van der Waals surface area (Å²) in [4.78, 5) is 39.9. The Balaban J connectivity index is 1.91. The van der Waals surface area contributed by atoms with Gasteiger partial charge in [-0.05, 0) is 64.0 Å². The number of aromatic nitrogens is 4. The topological polar surface area (TPSA) is 125 Å². The summed E-state index contributed by atoms with van der Waals surface area (Å²) in [6.07, 6.45) is 2.27. The number of esters is 1. The molecule has 0 radical (unpaired) electrons. The summed E-state index contributed by atoms with van der Waals surface area (Å²) in [7, 11) is 0. The van der Waals surface area contributed by atoms with Gasteiger partial charge in [0.2, 0.25) is 5.95 Å². The van der Waals surface area contributed by atoms with Crippen LogP contribution in [-0.4, -0.2) is 32.1 Å². The summed E-state index contributed by atoms with van der Waals surface area (Å²) in [5.41, 5.74) is 9.66. The van der Waals surface area contributed by atoms with Crippen molar-refractivity contribution < 1.29 is 9.53 Å². The van der Waals surface area contributed by atoms with Gasteiger partial charge in [-0.3, -0.25) is 9.36 Å². The molecule has 196 valence electrons. The molecule has 0 aliphatic heterocycles.